The first-order valence-corrected chi connectivity index (χ1v) is 7.46. The van der Waals surface area contributed by atoms with Crippen molar-refractivity contribution in [3.05, 3.63) is 23.8 Å². The van der Waals surface area contributed by atoms with Crippen molar-refractivity contribution in [1.29, 1.82) is 0 Å². The first kappa shape index (κ1) is 15.3. The maximum absolute atomic E-state index is 11.3. The van der Waals surface area contributed by atoms with Gasteiger partial charge >= 0.3 is 5.97 Å². The van der Waals surface area contributed by atoms with Crippen LogP contribution in [-0.4, -0.2) is 44.7 Å². The number of hydrogen-bond donors (Lipinski definition) is 1. The molecule has 0 unspecified atom stereocenters. The lowest BCUT2D eigenvalue weighted by Crippen LogP contribution is -2.16. The van der Waals surface area contributed by atoms with Crippen LogP contribution in [-0.2, 0) is 9.84 Å². The Hall–Kier alpha value is -1.76. The fourth-order valence-corrected chi connectivity index (χ4v) is 1.98. The van der Waals surface area contributed by atoms with Crippen LogP contribution in [0.25, 0.3) is 0 Å². The summed E-state index contributed by atoms with van der Waals surface area (Å²) in [6.45, 7) is 1.47. The van der Waals surface area contributed by atoms with Gasteiger partial charge in [0.1, 0.15) is 23.7 Å². The number of hydrogen-bond acceptors (Lipinski definition) is 5. The highest BCUT2D eigenvalue weighted by Gasteiger charge is 2.14. The van der Waals surface area contributed by atoms with E-state index in [1.165, 1.54) is 19.2 Å². The van der Waals surface area contributed by atoms with Gasteiger partial charge in [-0.25, -0.2) is 13.2 Å². The van der Waals surface area contributed by atoms with Crippen LogP contribution in [0.4, 0.5) is 0 Å². The summed E-state index contributed by atoms with van der Waals surface area (Å²) in [7, 11) is -1.71. The van der Waals surface area contributed by atoms with Gasteiger partial charge in [0.2, 0.25) is 0 Å². The number of carboxylic acid groups (broad SMARTS) is 1. The smallest absolute Gasteiger partial charge is 0.339 e. The molecule has 0 aromatic heterocycles. The number of aromatic carboxylic acids is 1. The minimum absolute atomic E-state index is 0.0325. The number of ether oxygens (including phenoxy) is 2. The molecule has 0 fully saturated rings. The average molecular weight is 288 g/mol. The summed E-state index contributed by atoms with van der Waals surface area (Å²) in [5, 5.41) is 9.04. The lowest BCUT2D eigenvalue weighted by Gasteiger charge is -2.10. The zero-order valence-corrected chi connectivity index (χ0v) is 11.6. The maximum Gasteiger partial charge on any atom is 0.339 e. The van der Waals surface area contributed by atoms with Crippen LogP contribution < -0.4 is 9.47 Å². The Balaban J connectivity index is 2.81. The number of methoxy groups -OCH3 is 1. The van der Waals surface area contributed by atoms with Gasteiger partial charge in [-0.05, 0) is 18.2 Å². The molecule has 19 heavy (non-hydrogen) atoms. The molecule has 0 atom stereocenters. The fourth-order valence-electron chi connectivity index (χ4n) is 1.35. The Morgan fingerprint density at radius 3 is 2.58 bits per heavy atom. The van der Waals surface area contributed by atoms with Crippen LogP contribution in [0.2, 0.25) is 0 Å². The predicted molar refractivity (Wildman–Crippen MR) is 69.8 cm³/mol. The van der Waals surface area contributed by atoms with Gasteiger partial charge in [-0.15, -0.1) is 0 Å². The van der Waals surface area contributed by atoms with E-state index in [2.05, 4.69) is 0 Å². The average Bonchev–Trinajstić information content (AvgIpc) is 2.38. The number of carboxylic acids is 1. The first-order valence-electron chi connectivity index (χ1n) is 5.64. The number of rotatable bonds is 7. The van der Waals surface area contributed by atoms with E-state index in [1.807, 2.05) is 0 Å². The van der Waals surface area contributed by atoms with Crippen molar-refractivity contribution in [2.45, 2.75) is 6.92 Å². The molecule has 106 valence electrons. The van der Waals surface area contributed by atoms with Crippen LogP contribution in [0.5, 0.6) is 11.5 Å². The van der Waals surface area contributed by atoms with Gasteiger partial charge < -0.3 is 14.6 Å². The molecule has 0 aliphatic heterocycles. The molecule has 1 aromatic carbocycles. The number of carbonyl (C=O) groups is 1. The summed E-state index contributed by atoms with van der Waals surface area (Å²) in [4.78, 5) is 11.1. The molecule has 1 N–H and O–H groups in total. The second kappa shape index (κ2) is 6.42. The highest BCUT2D eigenvalue weighted by molar-refractivity contribution is 7.91. The Labute approximate surface area is 111 Å². The van der Waals surface area contributed by atoms with Crippen molar-refractivity contribution in [2.75, 3.05) is 25.2 Å². The van der Waals surface area contributed by atoms with E-state index >= 15 is 0 Å². The molecule has 0 amide bonds. The van der Waals surface area contributed by atoms with Crippen LogP contribution in [0.15, 0.2) is 18.2 Å². The van der Waals surface area contributed by atoms with Crippen molar-refractivity contribution in [2.24, 2.45) is 0 Å². The summed E-state index contributed by atoms with van der Waals surface area (Å²) in [5.41, 5.74) is -0.0618. The predicted octanol–water partition coefficient (Wildman–Crippen LogP) is 1.21. The molecule has 1 rings (SSSR count). The normalized spacial score (nSPS) is 11.1. The largest absolute Gasteiger partial charge is 0.497 e. The lowest BCUT2D eigenvalue weighted by atomic mass is 10.2. The Kier molecular flexibility index (Phi) is 5.17. The van der Waals surface area contributed by atoms with E-state index in [9.17, 15) is 13.2 Å². The van der Waals surface area contributed by atoms with Crippen molar-refractivity contribution >= 4 is 15.8 Å². The molecule has 0 saturated heterocycles. The van der Waals surface area contributed by atoms with Crippen molar-refractivity contribution in [1.82, 2.24) is 0 Å². The van der Waals surface area contributed by atoms with E-state index < -0.39 is 15.8 Å². The Bertz CT molecular complexity index is 549. The molecule has 0 spiro atoms. The van der Waals surface area contributed by atoms with Gasteiger partial charge in [-0.1, -0.05) is 6.92 Å². The topological polar surface area (TPSA) is 89.9 Å². The molecule has 0 aliphatic carbocycles. The van der Waals surface area contributed by atoms with Gasteiger partial charge in [0, 0.05) is 5.75 Å². The molecule has 0 heterocycles. The quantitative estimate of drug-likeness (QED) is 0.811. The second-order valence-electron chi connectivity index (χ2n) is 3.75. The van der Waals surface area contributed by atoms with Crippen LogP contribution in [0.1, 0.15) is 17.3 Å². The molecule has 1 aromatic rings. The zero-order valence-electron chi connectivity index (χ0n) is 10.8. The zero-order chi connectivity index (χ0) is 14.5. The monoisotopic (exact) mass is 288 g/mol. The molecular weight excluding hydrogens is 272 g/mol. The number of sulfone groups is 1. The Morgan fingerprint density at radius 2 is 2.05 bits per heavy atom. The standard InChI is InChI=1S/C12H16O6S/c1-3-19(15,16)7-6-18-11-5-4-9(17-2)8-10(11)12(13)14/h4-5,8H,3,6-7H2,1-2H3,(H,13,14). The lowest BCUT2D eigenvalue weighted by molar-refractivity contribution is 0.0692. The van der Waals surface area contributed by atoms with Crippen molar-refractivity contribution in [3.8, 4) is 11.5 Å². The van der Waals surface area contributed by atoms with Crippen molar-refractivity contribution in [3.63, 3.8) is 0 Å². The summed E-state index contributed by atoms with van der Waals surface area (Å²) < 4.78 is 32.7. The van der Waals surface area contributed by atoms with Gasteiger partial charge in [0.05, 0.1) is 12.9 Å². The van der Waals surface area contributed by atoms with E-state index in [0.717, 1.165) is 0 Å². The minimum atomic E-state index is -3.13. The molecule has 0 bridgehead atoms. The van der Waals surface area contributed by atoms with Crippen molar-refractivity contribution < 1.29 is 27.8 Å². The van der Waals surface area contributed by atoms with Gasteiger partial charge in [0.25, 0.3) is 0 Å². The molecule has 0 aliphatic rings. The third-order valence-corrected chi connectivity index (χ3v) is 4.18. The highest BCUT2D eigenvalue weighted by Crippen LogP contribution is 2.24. The van der Waals surface area contributed by atoms with Gasteiger partial charge in [0.15, 0.2) is 9.84 Å². The third kappa shape index (κ3) is 4.44. The van der Waals surface area contributed by atoms with Gasteiger partial charge in [-0.2, -0.15) is 0 Å². The number of benzene rings is 1. The molecular formula is C12H16O6S. The SMILES string of the molecule is CCS(=O)(=O)CCOc1ccc(OC)cc1C(=O)O. The summed E-state index contributed by atoms with van der Waals surface area (Å²) in [6, 6.07) is 4.32. The fraction of sp³-hybridized carbons (Fsp3) is 0.417. The first-order chi connectivity index (χ1) is 8.89. The highest BCUT2D eigenvalue weighted by atomic mass is 32.2. The molecule has 7 heteroatoms. The third-order valence-electron chi connectivity index (χ3n) is 2.51. The van der Waals surface area contributed by atoms with E-state index in [1.54, 1.807) is 13.0 Å². The maximum atomic E-state index is 11.3. The van der Waals surface area contributed by atoms with Crippen LogP contribution >= 0.6 is 0 Å². The summed E-state index contributed by atoms with van der Waals surface area (Å²) >= 11 is 0. The molecule has 6 nitrogen and oxygen atoms in total. The minimum Gasteiger partial charge on any atom is -0.497 e. The summed E-state index contributed by atoms with van der Waals surface area (Å²) in [6.07, 6.45) is 0. The summed E-state index contributed by atoms with van der Waals surface area (Å²) in [5.74, 6) is -0.753. The van der Waals surface area contributed by atoms with Crippen LogP contribution in [0.3, 0.4) is 0 Å². The second-order valence-corrected chi connectivity index (χ2v) is 6.22. The molecule has 0 saturated carbocycles. The van der Waals surface area contributed by atoms with Gasteiger partial charge in [-0.3, -0.25) is 0 Å². The van der Waals surface area contributed by atoms with E-state index in [-0.39, 0.29) is 29.4 Å². The van der Waals surface area contributed by atoms with E-state index in [4.69, 9.17) is 14.6 Å². The van der Waals surface area contributed by atoms with Crippen LogP contribution in [0, 0.1) is 0 Å². The molecule has 0 radical (unpaired) electrons. The Morgan fingerprint density at radius 1 is 1.37 bits per heavy atom. The van der Waals surface area contributed by atoms with E-state index in [0.29, 0.717) is 5.75 Å².